The highest BCUT2D eigenvalue weighted by Gasteiger charge is 2.11. The van der Waals surface area contributed by atoms with E-state index in [-0.39, 0.29) is 16.8 Å². The van der Waals surface area contributed by atoms with Gasteiger partial charge in [-0.2, -0.15) is 0 Å². The molecule has 0 bridgehead atoms. The Balaban J connectivity index is 1.47. The lowest BCUT2D eigenvalue weighted by atomic mass is 10.0. The van der Waals surface area contributed by atoms with E-state index in [2.05, 4.69) is 6.92 Å². The zero-order valence-corrected chi connectivity index (χ0v) is 21.3. The van der Waals surface area contributed by atoms with Gasteiger partial charge in [0.2, 0.25) is 5.12 Å². The molecule has 0 saturated carbocycles. The normalized spacial score (nSPS) is 10.7. The smallest absolute Gasteiger partial charge is 0.311 e. The summed E-state index contributed by atoms with van der Waals surface area (Å²) in [6.07, 6.45) is 8.54. The molecule has 3 aromatic rings. The summed E-state index contributed by atoms with van der Waals surface area (Å²) in [5.74, 6) is 0.322. The van der Waals surface area contributed by atoms with Crippen molar-refractivity contribution >= 4 is 28.5 Å². The molecular weight excluding hydrogens is 474 g/mol. The Morgan fingerprint density at radius 3 is 1.92 bits per heavy atom. The van der Waals surface area contributed by atoms with Crippen LogP contribution in [0, 0.1) is 10.1 Å². The molecule has 0 heterocycles. The minimum Gasteiger partial charge on any atom is -0.427 e. The van der Waals surface area contributed by atoms with Crippen LogP contribution in [-0.4, -0.2) is 16.0 Å². The van der Waals surface area contributed by atoms with Gasteiger partial charge < -0.3 is 4.74 Å². The van der Waals surface area contributed by atoms with E-state index in [0.29, 0.717) is 22.6 Å². The van der Waals surface area contributed by atoms with Gasteiger partial charge in [-0.3, -0.25) is 19.7 Å². The summed E-state index contributed by atoms with van der Waals surface area (Å²) in [7, 11) is 0. The number of thioether (sulfide) groups is 1. The van der Waals surface area contributed by atoms with Crippen LogP contribution in [0.3, 0.4) is 0 Å². The number of ether oxygens (including phenoxy) is 1. The predicted octanol–water partition coefficient (Wildman–Crippen LogP) is 8.24. The predicted molar refractivity (Wildman–Crippen MR) is 143 cm³/mol. The Hall–Kier alpha value is -3.45. The number of nitro groups is 1. The molecule has 36 heavy (non-hydrogen) atoms. The Kier molecular flexibility index (Phi) is 10.7. The SMILES string of the molecule is CCCCCCCCCC(=O)Oc1ccc(-c2ccc(C(=O)Sc3ccc([N+](=O)[O-])cc3)cc2)cc1. The lowest BCUT2D eigenvalue weighted by Crippen LogP contribution is -2.07. The summed E-state index contributed by atoms with van der Waals surface area (Å²) >= 11 is 1.03. The van der Waals surface area contributed by atoms with Crippen LogP contribution in [-0.2, 0) is 4.79 Å². The molecule has 0 radical (unpaired) electrons. The van der Waals surface area contributed by atoms with E-state index in [9.17, 15) is 19.7 Å². The van der Waals surface area contributed by atoms with Crippen molar-refractivity contribution in [3.05, 3.63) is 88.5 Å². The molecular formula is C29H31NO5S. The van der Waals surface area contributed by atoms with Crippen LogP contribution in [0.25, 0.3) is 11.1 Å². The molecule has 6 nitrogen and oxygen atoms in total. The van der Waals surface area contributed by atoms with Crippen LogP contribution in [0.5, 0.6) is 5.75 Å². The van der Waals surface area contributed by atoms with E-state index in [1.54, 1.807) is 36.4 Å². The van der Waals surface area contributed by atoms with Gasteiger partial charge in [-0.1, -0.05) is 69.7 Å². The second-order valence-electron chi connectivity index (χ2n) is 8.59. The topological polar surface area (TPSA) is 86.5 Å². The summed E-state index contributed by atoms with van der Waals surface area (Å²) in [6.45, 7) is 2.20. The number of benzene rings is 3. The number of carbonyl (C=O) groups is 2. The second-order valence-corrected chi connectivity index (χ2v) is 9.63. The molecule has 0 atom stereocenters. The average molecular weight is 506 g/mol. The van der Waals surface area contributed by atoms with Crippen LogP contribution >= 0.6 is 11.8 Å². The molecule has 0 aliphatic carbocycles. The summed E-state index contributed by atoms with van der Waals surface area (Å²) in [6, 6.07) is 20.5. The first kappa shape index (κ1) is 27.1. The van der Waals surface area contributed by atoms with Gasteiger partial charge in [0, 0.05) is 29.0 Å². The first-order valence-electron chi connectivity index (χ1n) is 12.3. The van der Waals surface area contributed by atoms with Crippen molar-refractivity contribution in [3.8, 4) is 16.9 Å². The van der Waals surface area contributed by atoms with E-state index in [1.807, 2.05) is 24.3 Å². The number of nitro benzene ring substituents is 1. The molecule has 3 rings (SSSR count). The van der Waals surface area contributed by atoms with Gasteiger partial charge in [0.05, 0.1) is 4.92 Å². The van der Waals surface area contributed by atoms with Crippen LogP contribution in [0.1, 0.15) is 68.6 Å². The highest BCUT2D eigenvalue weighted by molar-refractivity contribution is 8.14. The van der Waals surface area contributed by atoms with Crippen molar-refractivity contribution in [1.82, 2.24) is 0 Å². The maximum atomic E-state index is 12.6. The van der Waals surface area contributed by atoms with Crippen molar-refractivity contribution in [1.29, 1.82) is 0 Å². The molecule has 0 fully saturated rings. The van der Waals surface area contributed by atoms with E-state index < -0.39 is 4.92 Å². The molecule has 0 spiro atoms. The standard InChI is InChI=1S/C29H31NO5S/c1-2-3-4-5-6-7-8-9-28(31)35-26-18-14-23(15-19-26)22-10-12-24(13-11-22)29(32)36-27-20-16-25(17-21-27)30(33)34/h10-21H,2-9H2,1H3. The third kappa shape index (κ3) is 8.64. The van der Waals surface area contributed by atoms with E-state index >= 15 is 0 Å². The van der Waals surface area contributed by atoms with Crippen molar-refractivity contribution < 1.29 is 19.2 Å². The number of esters is 1. The van der Waals surface area contributed by atoms with Gasteiger partial charge >= 0.3 is 5.97 Å². The number of rotatable bonds is 13. The zero-order valence-electron chi connectivity index (χ0n) is 20.5. The summed E-state index contributed by atoms with van der Waals surface area (Å²) in [4.78, 5) is 35.6. The van der Waals surface area contributed by atoms with Crippen LogP contribution < -0.4 is 4.74 Å². The monoisotopic (exact) mass is 505 g/mol. The maximum Gasteiger partial charge on any atom is 0.311 e. The van der Waals surface area contributed by atoms with Crippen LogP contribution in [0.15, 0.2) is 77.7 Å². The van der Waals surface area contributed by atoms with E-state index in [4.69, 9.17) is 4.74 Å². The fraction of sp³-hybridized carbons (Fsp3) is 0.310. The van der Waals surface area contributed by atoms with Gasteiger partial charge in [0.15, 0.2) is 0 Å². The number of nitrogens with zero attached hydrogens (tertiary/aromatic N) is 1. The van der Waals surface area contributed by atoms with Crippen molar-refractivity contribution in [2.24, 2.45) is 0 Å². The number of hydrogen-bond acceptors (Lipinski definition) is 6. The van der Waals surface area contributed by atoms with E-state index in [0.717, 1.165) is 35.7 Å². The minimum absolute atomic E-state index is 0.00916. The number of non-ortho nitro benzene ring substituents is 1. The summed E-state index contributed by atoms with van der Waals surface area (Å²) in [5.41, 5.74) is 2.42. The molecule has 0 N–H and O–H groups in total. The fourth-order valence-electron chi connectivity index (χ4n) is 3.72. The van der Waals surface area contributed by atoms with Crippen molar-refractivity contribution in [2.45, 2.75) is 63.2 Å². The Morgan fingerprint density at radius 2 is 1.33 bits per heavy atom. The van der Waals surface area contributed by atoms with Gasteiger partial charge in [0.1, 0.15) is 5.75 Å². The van der Waals surface area contributed by atoms with Gasteiger partial charge in [-0.25, -0.2) is 0 Å². The van der Waals surface area contributed by atoms with Crippen molar-refractivity contribution in [3.63, 3.8) is 0 Å². The minimum atomic E-state index is -0.469. The molecule has 3 aromatic carbocycles. The summed E-state index contributed by atoms with van der Waals surface area (Å²) in [5, 5.41) is 10.6. The third-order valence-corrected chi connectivity index (χ3v) is 6.71. The highest BCUT2D eigenvalue weighted by atomic mass is 32.2. The maximum absolute atomic E-state index is 12.6. The van der Waals surface area contributed by atoms with E-state index in [1.165, 1.54) is 44.2 Å². The third-order valence-electron chi connectivity index (χ3n) is 5.78. The first-order chi connectivity index (χ1) is 17.5. The Labute approximate surface area is 216 Å². The number of unbranched alkanes of at least 4 members (excludes halogenated alkanes) is 6. The zero-order chi connectivity index (χ0) is 25.8. The largest absolute Gasteiger partial charge is 0.427 e. The van der Waals surface area contributed by atoms with Gasteiger partial charge in [0.25, 0.3) is 5.69 Å². The lowest BCUT2D eigenvalue weighted by Gasteiger charge is -2.07. The molecule has 7 heteroatoms. The molecule has 0 aliphatic rings. The molecule has 0 unspecified atom stereocenters. The quantitative estimate of drug-likeness (QED) is 0.0580. The number of carbonyl (C=O) groups excluding carboxylic acids is 2. The first-order valence-corrected chi connectivity index (χ1v) is 13.2. The average Bonchev–Trinajstić information content (AvgIpc) is 2.89. The Morgan fingerprint density at radius 1 is 0.778 bits per heavy atom. The number of hydrogen-bond donors (Lipinski definition) is 0. The van der Waals surface area contributed by atoms with Crippen LogP contribution in [0.2, 0.25) is 0 Å². The fourth-order valence-corrected chi connectivity index (χ4v) is 4.47. The van der Waals surface area contributed by atoms with Crippen molar-refractivity contribution in [2.75, 3.05) is 0 Å². The van der Waals surface area contributed by atoms with Crippen LogP contribution in [0.4, 0.5) is 5.69 Å². The molecule has 0 saturated heterocycles. The Bertz CT molecular complexity index is 1140. The molecule has 0 amide bonds. The summed E-state index contributed by atoms with van der Waals surface area (Å²) < 4.78 is 5.45. The van der Waals surface area contributed by atoms with Gasteiger partial charge in [-0.05, 0) is 65.7 Å². The molecule has 0 aliphatic heterocycles. The van der Waals surface area contributed by atoms with Gasteiger partial charge in [-0.15, -0.1) is 0 Å². The second kappa shape index (κ2) is 14.2. The highest BCUT2D eigenvalue weighted by Crippen LogP contribution is 2.27. The molecule has 188 valence electrons. The molecule has 0 aromatic heterocycles. The lowest BCUT2D eigenvalue weighted by molar-refractivity contribution is -0.384.